The fraction of sp³-hybridized carbons (Fsp3) is 0.765. The highest BCUT2D eigenvalue weighted by Gasteiger charge is 2.34. The molecule has 21 heavy (non-hydrogen) atoms. The summed E-state index contributed by atoms with van der Waals surface area (Å²) in [6, 6.07) is 0. The highest BCUT2D eigenvalue weighted by Crippen LogP contribution is 2.32. The van der Waals surface area contributed by atoms with Crippen molar-refractivity contribution in [2.75, 3.05) is 11.4 Å². The second kappa shape index (κ2) is 7.10. The smallest absolute Gasteiger partial charge is 0.231 e. The molecule has 1 N–H and O–H groups in total. The zero-order valence-electron chi connectivity index (χ0n) is 12.9. The predicted octanol–water partition coefficient (Wildman–Crippen LogP) is 3.90. The molecule has 4 heteroatoms. The second-order valence-corrected chi connectivity index (χ2v) is 6.70. The molecule has 0 unspecified atom stereocenters. The highest BCUT2D eigenvalue weighted by molar-refractivity contribution is 5.95. The lowest BCUT2D eigenvalue weighted by Gasteiger charge is -2.23. The van der Waals surface area contributed by atoms with Crippen LogP contribution >= 0.6 is 0 Å². The molecule has 1 aromatic heterocycles. The van der Waals surface area contributed by atoms with Gasteiger partial charge in [0.15, 0.2) is 0 Å². The topological polar surface area (TPSA) is 49.0 Å². The SMILES string of the molecule is O=C(C1CC1)N(CCCCC1CCCCC1)c1cnc[nH]1. The maximum atomic E-state index is 12.4. The van der Waals surface area contributed by atoms with Gasteiger partial charge >= 0.3 is 0 Å². The summed E-state index contributed by atoms with van der Waals surface area (Å²) in [7, 11) is 0. The number of unbranched alkanes of at least 4 members (excludes halogenated alkanes) is 1. The maximum Gasteiger partial charge on any atom is 0.231 e. The first-order valence-electron chi connectivity index (χ1n) is 8.64. The van der Waals surface area contributed by atoms with E-state index in [1.54, 1.807) is 12.5 Å². The van der Waals surface area contributed by atoms with Crippen LogP contribution in [0.25, 0.3) is 0 Å². The van der Waals surface area contributed by atoms with E-state index >= 15 is 0 Å². The fourth-order valence-electron chi connectivity index (χ4n) is 3.47. The number of carbonyl (C=O) groups excluding carboxylic acids is 1. The molecular weight excluding hydrogens is 262 g/mol. The van der Waals surface area contributed by atoms with Crippen LogP contribution in [-0.4, -0.2) is 22.4 Å². The van der Waals surface area contributed by atoms with Gasteiger partial charge in [-0.2, -0.15) is 0 Å². The Kier molecular flexibility index (Phi) is 4.94. The molecule has 0 aliphatic heterocycles. The lowest BCUT2D eigenvalue weighted by atomic mass is 9.86. The number of hydrogen-bond donors (Lipinski definition) is 1. The van der Waals surface area contributed by atoms with Crippen LogP contribution in [0, 0.1) is 11.8 Å². The molecule has 1 amide bonds. The lowest BCUT2D eigenvalue weighted by molar-refractivity contribution is -0.119. The van der Waals surface area contributed by atoms with Crippen molar-refractivity contribution in [1.29, 1.82) is 0 Å². The largest absolute Gasteiger partial charge is 0.331 e. The zero-order valence-corrected chi connectivity index (χ0v) is 12.9. The van der Waals surface area contributed by atoms with E-state index in [9.17, 15) is 4.79 Å². The van der Waals surface area contributed by atoms with Crippen LogP contribution in [0.2, 0.25) is 0 Å². The van der Waals surface area contributed by atoms with Crippen LogP contribution in [0.1, 0.15) is 64.2 Å². The third kappa shape index (κ3) is 4.08. The van der Waals surface area contributed by atoms with Crippen molar-refractivity contribution in [1.82, 2.24) is 9.97 Å². The number of aromatic amines is 1. The van der Waals surface area contributed by atoms with Gasteiger partial charge in [0.05, 0.1) is 12.5 Å². The van der Waals surface area contributed by atoms with Gasteiger partial charge in [0, 0.05) is 12.5 Å². The second-order valence-electron chi connectivity index (χ2n) is 6.70. The molecule has 2 saturated carbocycles. The minimum Gasteiger partial charge on any atom is -0.331 e. The summed E-state index contributed by atoms with van der Waals surface area (Å²) in [6.07, 6.45) is 16.4. The monoisotopic (exact) mass is 289 g/mol. The van der Waals surface area contributed by atoms with Gasteiger partial charge in [0.25, 0.3) is 0 Å². The van der Waals surface area contributed by atoms with Gasteiger partial charge in [-0.05, 0) is 25.2 Å². The molecule has 0 saturated heterocycles. The molecule has 0 aromatic carbocycles. The van der Waals surface area contributed by atoms with Crippen LogP contribution in [0.15, 0.2) is 12.5 Å². The summed E-state index contributed by atoms with van der Waals surface area (Å²) in [4.78, 5) is 21.4. The summed E-state index contributed by atoms with van der Waals surface area (Å²) in [6.45, 7) is 0.838. The number of hydrogen-bond acceptors (Lipinski definition) is 2. The van der Waals surface area contributed by atoms with Gasteiger partial charge in [0.1, 0.15) is 5.82 Å². The molecular formula is C17H27N3O. The molecule has 0 spiro atoms. The van der Waals surface area contributed by atoms with Crippen molar-refractivity contribution in [2.45, 2.75) is 64.2 Å². The number of carbonyl (C=O) groups is 1. The number of rotatable bonds is 7. The van der Waals surface area contributed by atoms with E-state index in [4.69, 9.17) is 0 Å². The Hall–Kier alpha value is -1.32. The van der Waals surface area contributed by atoms with Crippen molar-refractivity contribution in [3.63, 3.8) is 0 Å². The van der Waals surface area contributed by atoms with E-state index < -0.39 is 0 Å². The molecule has 0 atom stereocenters. The molecule has 2 fully saturated rings. The number of H-pyrrole nitrogens is 1. The Morgan fingerprint density at radius 1 is 1.19 bits per heavy atom. The Morgan fingerprint density at radius 3 is 2.67 bits per heavy atom. The number of imidazole rings is 1. The van der Waals surface area contributed by atoms with Gasteiger partial charge in [-0.15, -0.1) is 0 Å². The Balaban J connectivity index is 1.44. The number of nitrogens with zero attached hydrogens (tertiary/aromatic N) is 2. The number of aromatic nitrogens is 2. The van der Waals surface area contributed by atoms with Crippen molar-refractivity contribution in [3.8, 4) is 0 Å². The Bertz CT molecular complexity index is 433. The minimum atomic E-state index is 0.270. The average molecular weight is 289 g/mol. The van der Waals surface area contributed by atoms with Gasteiger partial charge in [-0.25, -0.2) is 4.98 Å². The molecule has 1 heterocycles. The summed E-state index contributed by atoms with van der Waals surface area (Å²) in [5.41, 5.74) is 0. The Labute approximate surface area is 127 Å². The number of anilines is 1. The van der Waals surface area contributed by atoms with Crippen molar-refractivity contribution in [3.05, 3.63) is 12.5 Å². The van der Waals surface area contributed by atoms with E-state index in [0.717, 1.165) is 37.5 Å². The average Bonchev–Trinajstić information content (AvgIpc) is 3.24. The highest BCUT2D eigenvalue weighted by atomic mass is 16.2. The van der Waals surface area contributed by atoms with E-state index in [2.05, 4.69) is 9.97 Å². The molecule has 4 nitrogen and oxygen atoms in total. The summed E-state index contributed by atoms with van der Waals surface area (Å²) in [5.74, 6) is 2.37. The number of nitrogens with one attached hydrogen (secondary N) is 1. The van der Waals surface area contributed by atoms with Crippen LogP contribution in [0.3, 0.4) is 0 Å². The minimum absolute atomic E-state index is 0.270. The maximum absolute atomic E-state index is 12.4. The van der Waals surface area contributed by atoms with Gasteiger partial charge < -0.3 is 4.98 Å². The molecule has 3 rings (SSSR count). The fourth-order valence-corrected chi connectivity index (χ4v) is 3.47. The first-order valence-corrected chi connectivity index (χ1v) is 8.64. The van der Waals surface area contributed by atoms with Crippen LogP contribution < -0.4 is 4.90 Å². The molecule has 2 aliphatic carbocycles. The molecule has 116 valence electrons. The van der Waals surface area contributed by atoms with E-state index in [1.165, 1.54) is 44.9 Å². The Morgan fingerprint density at radius 2 is 2.00 bits per heavy atom. The lowest BCUT2D eigenvalue weighted by Crippen LogP contribution is -2.33. The van der Waals surface area contributed by atoms with Crippen molar-refractivity contribution >= 4 is 11.7 Å². The quantitative estimate of drug-likeness (QED) is 0.774. The third-order valence-electron chi connectivity index (χ3n) is 4.94. The van der Waals surface area contributed by atoms with Crippen molar-refractivity contribution < 1.29 is 4.79 Å². The summed E-state index contributed by atoms with van der Waals surface area (Å²) < 4.78 is 0. The summed E-state index contributed by atoms with van der Waals surface area (Å²) in [5, 5.41) is 0. The van der Waals surface area contributed by atoms with Crippen LogP contribution in [0.4, 0.5) is 5.82 Å². The van der Waals surface area contributed by atoms with Crippen LogP contribution in [0.5, 0.6) is 0 Å². The van der Waals surface area contributed by atoms with Crippen molar-refractivity contribution in [2.24, 2.45) is 11.8 Å². The normalized spacial score (nSPS) is 19.6. The predicted molar refractivity (Wildman–Crippen MR) is 84.1 cm³/mol. The van der Waals surface area contributed by atoms with Gasteiger partial charge in [0.2, 0.25) is 5.91 Å². The van der Waals surface area contributed by atoms with E-state index in [0.29, 0.717) is 0 Å². The third-order valence-corrected chi connectivity index (χ3v) is 4.94. The first kappa shape index (κ1) is 14.6. The molecule has 0 bridgehead atoms. The van der Waals surface area contributed by atoms with E-state index in [-0.39, 0.29) is 11.8 Å². The van der Waals surface area contributed by atoms with E-state index in [1.807, 2.05) is 4.90 Å². The van der Waals surface area contributed by atoms with Gasteiger partial charge in [-0.1, -0.05) is 44.9 Å². The standard InChI is InChI=1S/C17H27N3O/c21-17(15-9-10-15)20(16-12-18-13-19-16)11-5-4-8-14-6-2-1-3-7-14/h12-15H,1-11H2,(H,18,19). The molecule has 2 aliphatic rings. The zero-order chi connectivity index (χ0) is 14.5. The summed E-state index contributed by atoms with van der Waals surface area (Å²) >= 11 is 0. The molecule has 1 aromatic rings. The van der Waals surface area contributed by atoms with Gasteiger partial charge in [-0.3, -0.25) is 9.69 Å². The van der Waals surface area contributed by atoms with Crippen LogP contribution in [-0.2, 0) is 4.79 Å². The number of amides is 1. The molecule has 0 radical (unpaired) electrons. The first-order chi connectivity index (χ1) is 10.3.